The molecule has 0 saturated heterocycles. The molecule has 0 bridgehead atoms. The Morgan fingerprint density at radius 1 is 1.30 bits per heavy atom. The zero-order valence-electron chi connectivity index (χ0n) is 17.0. The zero-order chi connectivity index (χ0) is 20.0. The second-order valence-corrected chi connectivity index (χ2v) is 7.39. The van der Waals surface area contributed by atoms with Crippen LogP contribution in [0.25, 0.3) is 0 Å². The molecule has 148 valence electrons. The van der Waals surface area contributed by atoms with E-state index in [-0.39, 0.29) is 23.8 Å². The molecule has 7 nitrogen and oxygen atoms in total. The monoisotopic (exact) mass is 375 g/mol. The van der Waals surface area contributed by atoms with E-state index < -0.39 is 0 Å². The van der Waals surface area contributed by atoms with E-state index in [0.717, 1.165) is 5.56 Å². The molecule has 27 heavy (non-hydrogen) atoms. The highest BCUT2D eigenvalue weighted by molar-refractivity contribution is 5.76. The highest BCUT2D eigenvalue weighted by Gasteiger charge is 2.21. The lowest BCUT2D eigenvalue weighted by Crippen LogP contribution is -2.26. The molecule has 1 amide bonds. The fraction of sp³-hybridized carbons (Fsp3) is 0.550. The molecular weight excluding hydrogens is 346 g/mol. The number of nitrogens with zero attached hydrogens (tertiary/aromatic N) is 2. The summed E-state index contributed by atoms with van der Waals surface area (Å²) in [5.41, 5.74) is 0.766. The Labute approximate surface area is 160 Å². The van der Waals surface area contributed by atoms with Crippen LogP contribution < -0.4 is 14.8 Å². The number of aromatic nitrogens is 2. The van der Waals surface area contributed by atoms with Crippen molar-refractivity contribution < 1.29 is 18.8 Å². The number of carbonyl (C=O) groups is 1. The van der Waals surface area contributed by atoms with Crippen LogP contribution in [0.15, 0.2) is 22.7 Å². The van der Waals surface area contributed by atoms with Gasteiger partial charge in [-0.3, -0.25) is 4.79 Å². The van der Waals surface area contributed by atoms with E-state index in [1.807, 2.05) is 52.8 Å². The third-order valence-corrected chi connectivity index (χ3v) is 4.07. The number of aryl methyl sites for hydroxylation is 1. The molecule has 2 aromatic rings. The molecule has 1 atom stereocenters. The van der Waals surface area contributed by atoms with Gasteiger partial charge in [-0.2, -0.15) is 4.98 Å². The summed E-state index contributed by atoms with van der Waals surface area (Å²) < 4.78 is 16.1. The first kappa shape index (κ1) is 20.7. The van der Waals surface area contributed by atoms with Crippen LogP contribution in [-0.2, 0) is 16.6 Å². The van der Waals surface area contributed by atoms with Crippen LogP contribution in [0, 0.1) is 0 Å². The van der Waals surface area contributed by atoms with Gasteiger partial charge in [0.1, 0.15) is 0 Å². The van der Waals surface area contributed by atoms with Crippen LogP contribution in [-0.4, -0.2) is 29.8 Å². The van der Waals surface area contributed by atoms with Crippen LogP contribution in [0.4, 0.5) is 0 Å². The van der Waals surface area contributed by atoms with Gasteiger partial charge in [0.05, 0.1) is 19.8 Å². The van der Waals surface area contributed by atoms with E-state index in [0.29, 0.717) is 36.2 Å². The van der Waals surface area contributed by atoms with E-state index in [1.165, 1.54) is 0 Å². The van der Waals surface area contributed by atoms with Crippen molar-refractivity contribution >= 4 is 5.91 Å². The Morgan fingerprint density at radius 3 is 2.63 bits per heavy atom. The third-order valence-electron chi connectivity index (χ3n) is 4.07. The summed E-state index contributed by atoms with van der Waals surface area (Å²) >= 11 is 0. The van der Waals surface area contributed by atoms with Crippen molar-refractivity contribution in [2.45, 2.75) is 58.9 Å². The van der Waals surface area contributed by atoms with Crippen molar-refractivity contribution in [3.05, 3.63) is 35.5 Å². The first-order chi connectivity index (χ1) is 12.7. The summed E-state index contributed by atoms with van der Waals surface area (Å²) in [7, 11) is 1.60. The number of hydrogen-bond acceptors (Lipinski definition) is 6. The number of nitrogens with one attached hydrogen (secondary N) is 1. The van der Waals surface area contributed by atoms with Gasteiger partial charge in [-0.15, -0.1) is 0 Å². The molecule has 0 aliphatic rings. The van der Waals surface area contributed by atoms with Gasteiger partial charge in [-0.05, 0) is 31.5 Å². The molecule has 0 saturated carbocycles. The Morgan fingerprint density at radius 2 is 2.04 bits per heavy atom. The van der Waals surface area contributed by atoms with Crippen molar-refractivity contribution in [1.82, 2.24) is 15.5 Å². The molecule has 1 aromatic heterocycles. The second-order valence-electron chi connectivity index (χ2n) is 7.39. The van der Waals surface area contributed by atoms with Crippen LogP contribution in [0.2, 0.25) is 0 Å². The van der Waals surface area contributed by atoms with Gasteiger partial charge in [0, 0.05) is 18.3 Å². The largest absolute Gasteiger partial charge is 0.493 e. The first-order valence-corrected chi connectivity index (χ1v) is 9.17. The number of ether oxygens (including phenoxy) is 2. The summed E-state index contributed by atoms with van der Waals surface area (Å²) in [5, 5.41) is 6.95. The zero-order valence-corrected chi connectivity index (χ0v) is 17.0. The van der Waals surface area contributed by atoms with Crippen molar-refractivity contribution in [3.8, 4) is 11.5 Å². The quantitative estimate of drug-likeness (QED) is 0.759. The fourth-order valence-corrected chi connectivity index (χ4v) is 2.51. The first-order valence-electron chi connectivity index (χ1n) is 9.17. The van der Waals surface area contributed by atoms with Crippen molar-refractivity contribution in [1.29, 1.82) is 0 Å². The van der Waals surface area contributed by atoms with Gasteiger partial charge < -0.3 is 19.3 Å². The van der Waals surface area contributed by atoms with Crippen LogP contribution in [0.3, 0.4) is 0 Å². The SMILES string of the molecule is CCOc1ccc(C(C)NC(=O)CCc2nc(C(C)(C)C)no2)cc1OC. The van der Waals surface area contributed by atoms with Gasteiger partial charge in [-0.25, -0.2) is 0 Å². The van der Waals surface area contributed by atoms with Crippen LogP contribution in [0.1, 0.15) is 64.4 Å². The molecule has 0 radical (unpaired) electrons. The Bertz CT molecular complexity index is 765. The lowest BCUT2D eigenvalue weighted by molar-refractivity contribution is -0.121. The van der Waals surface area contributed by atoms with Crippen molar-refractivity contribution in [2.24, 2.45) is 0 Å². The minimum absolute atomic E-state index is 0.0779. The number of methoxy groups -OCH3 is 1. The fourth-order valence-electron chi connectivity index (χ4n) is 2.51. The maximum atomic E-state index is 12.3. The predicted molar refractivity (Wildman–Crippen MR) is 102 cm³/mol. The average molecular weight is 375 g/mol. The van der Waals surface area contributed by atoms with Crippen molar-refractivity contribution in [3.63, 3.8) is 0 Å². The standard InChI is InChI=1S/C20H29N3O4/c1-7-26-15-9-8-14(12-16(15)25-6)13(2)21-17(24)10-11-18-22-19(23-27-18)20(3,4)5/h8-9,12-13H,7,10-11H2,1-6H3,(H,21,24). The van der Waals surface area contributed by atoms with E-state index in [1.54, 1.807) is 7.11 Å². The third kappa shape index (κ3) is 5.70. The van der Waals surface area contributed by atoms with E-state index in [9.17, 15) is 4.79 Å². The van der Waals surface area contributed by atoms with Gasteiger partial charge in [-0.1, -0.05) is 32.0 Å². The molecule has 1 heterocycles. The maximum Gasteiger partial charge on any atom is 0.227 e. The van der Waals surface area contributed by atoms with Gasteiger partial charge in [0.25, 0.3) is 0 Å². The minimum atomic E-state index is -0.175. The Kier molecular flexibility index (Phi) is 6.82. The summed E-state index contributed by atoms with van der Waals surface area (Å²) in [4.78, 5) is 16.6. The highest BCUT2D eigenvalue weighted by atomic mass is 16.5. The summed E-state index contributed by atoms with van der Waals surface area (Å²) in [5.74, 6) is 2.38. The lowest BCUT2D eigenvalue weighted by Gasteiger charge is -2.17. The molecule has 2 rings (SSSR count). The molecule has 1 aromatic carbocycles. The molecule has 7 heteroatoms. The Hall–Kier alpha value is -2.57. The smallest absolute Gasteiger partial charge is 0.227 e. The molecule has 1 unspecified atom stereocenters. The predicted octanol–water partition coefficient (Wildman–Crippen LogP) is 3.58. The van der Waals surface area contributed by atoms with Gasteiger partial charge >= 0.3 is 0 Å². The lowest BCUT2D eigenvalue weighted by atomic mass is 9.96. The van der Waals surface area contributed by atoms with Crippen molar-refractivity contribution in [2.75, 3.05) is 13.7 Å². The average Bonchev–Trinajstić information content (AvgIpc) is 3.10. The van der Waals surface area contributed by atoms with Crippen LogP contribution in [0.5, 0.6) is 11.5 Å². The minimum Gasteiger partial charge on any atom is -0.493 e. The maximum absolute atomic E-state index is 12.3. The Balaban J connectivity index is 1.92. The van der Waals surface area contributed by atoms with Crippen LogP contribution >= 0.6 is 0 Å². The van der Waals surface area contributed by atoms with E-state index in [2.05, 4.69) is 15.5 Å². The number of hydrogen-bond donors (Lipinski definition) is 1. The molecule has 0 fully saturated rings. The molecular formula is C20H29N3O4. The summed E-state index contributed by atoms with van der Waals surface area (Å²) in [6.45, 7) is 10.5. The van der Waals surface area contributed by atoms with E-state index in [4.69, 9.17) is 14.0 Å². The topological polar surface area (TPSA) is 86.5 Å². The van der Waals surface area contributed by atoms with E-state index >= 15 is 0 Å². The number of amides is 1. The second kappa shape index (κ2) is 8.88. The molecule has 1 N–H and O–H groups in total. The highest BCUT2D eigenvalue weighted by Crippen LogP contribution is 2.30. The summed E-state index contributed by atoms with van der Waals surface area (Å²) in [6.07, 6.45) is 0.693. The number of carbonyl (C=O) groups excluding carboxylic acids is 1. The summed E-state index contributed by atoms with van der Waals surface area (Å²) in [6, 6.07) is 5.50. The number of rotatable bonds is 8. The van der Waals surface area contributed by atoms with Gasteiger partial charge in [0.2, 0.25) is 11.8 Å². The number of benzene rings is 1. The van der Waals surface area contributed by atoms with Gasteiger partial charge in [0.15, 0.2) is 17.3 Å². The molecule has 0 spiro atoms. The molecule has 0 aliphatic heterocycles. The normalized spacial score (nSPS) is 12.5. The molecule has 0 aliphatic carbocycles.